The molecule has 1 fully saturated rings. The van der Waals surface area contributed by atoms with Crippen molar-refractivity contribution in [1.29, 1.82) is 0 Å². The summed E-state index contributed by atoms with van der Waals surface area (Å²) in [4.78, 5) is 23.1. The third-order valence-corrected chi connectivity index (χ3v) is 4.31. The molecule has 1 aromatic carbocycles. The molecule has 0 atom stereocenters. The Kier molecular flexibility index (Phi) is 4.43. The molecular weight excluding hydrogens is 310 g/mol. The molecule has 5 nitrogen and oxygen atoms in total. The van der Waals surface area contributed by atoms with Crippen molar-refractivity contribution in [2.75, 3.05) is 14.2 Å². The minimum Gasteiger partial charge on any atom is -0.497 e. The summed E-state index contributed by atoms with van der Waals surface area (Å²) in [5.41, 5.74) is 0.910. The molecule has 0 bridgehead atoms. The molecule has 23 heavy (non-hydrogen) atoms. The van der Waals surface area contributed by atoms with Gasteiger partial charge in [-0.2, -0.15) is 0 Å². The summed E-state index contributed by atoms with van der Waals surface area (Å²) in [5.74, 6) is 1.26. The van der Waals surface area contributed by atoms with Crippen LogP contribution in [-0.2, 0) is 4.79 Å². The molecule has 116 valence electrons. The Labute approximate surface area is 138 Å². The van der Waals surface area contributed by atoms with Gasteiger partial charge in [0.1, 0.15) is 5.75 Å². The summed E-state index contributed by atoms with van der Waals surface area (Å²) < 4.78 is 5.20. The fourth-order valence-corrected chi connectivity index (χ4v) is 3.03. The van der Waals surface area contributed by atoms with Gasteiger partial charge in [0.25, 0.3) is 5.91 Å². The van der Waals surface area contributed by atoms with Crippen molar-refractivity contribution in [2.24, 2.45) is 4.99 Å². The molecule has 2 aromatic rings. The summed E-state index contributed by atoms with van der Waals surface area (Å²) >= 11 is 1.34. The van der Waals surface area contributed by atoms with E-state index in [0.29, 0.717) is 15.9 Å². The second-order valence-electron chi connectivity index (χ2n) is 4.83. The zero-order chi connectivity index (χ0) is 16.2. The molecule has 1 aliphatic rings. The first-order chi connectivity index (χ1) is 11.2. The number of ether oxygens (including phenoxy) is 1. The Bertz CT molecular complexity index is 787. The molecule has 3 rings (SSSR count). The lowest BCUT2D eigenvalue weighted by atomic mass is 10.2. The number of likely N-dealkylation sites (N-methyl/N-ethyl adjacent to an activating group) is 1. The second-order valence-corrected chi connectivity index (χ2v) is 5.84. The van der Waals surface area contributed by atoms with Crippen molar-refractivity contribution in [2.45, 2.75) is 0 Å². The number of nitrogens with zero attached hydrogens (tertiary/aromatic N) is 3. The zero-order valence-electron chi connectivity index (χ0n) is 12.8. The van der Waals surface area contributed by atoms with Gasteiger partial charge in [-0.1, -0.05) is 18.2 Å². The fraction of sp³-hybridized carbons (Fsp3) is 0.118. The van der Waals surface area contributed by atoms with Crippen molar-refractivity contribution >= 4 is 34.7 Å². The van der Waals surface area contributed by atoms with Crippen LogP contribution in [0.2, 0.25) is 0 Å². The van der Waals surface area contributed by atoms with Gasteiger partial charge in [-0.15, -0.1) is 0 Å². The summed E-state index contributed by atoms with van der Waals surface area (Å²) in [5, 5.41) is 0.614. The minimum absolute atomic E-state index is 0.0764. The smallest absolute Gasteiger partial charge is 0.266 e. The quantitative estimate of drug-likeness (QED) is 0.812. The molecule has 1 amide bonds. The maximum Gasteiger partial charge on any atom is 0.266 e. The molecule has 2 heterocycles. The largest absolute Gasteiger partial charge is 0.497 e. The number of carbonyl (C=O) groups is 1. The van der Waals surface area contributed by atoms with E-state index in [1.807, 2.05) is 42.5 Å². The number of benzene rings is 1. The maximum absolute atomic E-state index is 12.4. The van der Waals surface area contributed by atoms with E-state index in [4.69, 9.17) is 4.74 Å². The molecular formula is C17H15N3O2S. The van der Waals surface area contributed by atoms with E-state index in [2.05, 4.69) is 9.98 Å². The van der Waals surface area contributed by atoms with Gasteiger partial charge >= 0.3 is 0 Å². The van der Waals surface area contributed by atoms with Crippen LogP contribution in [0.1, 0.15) is 5.56 Å². The Morgan fingerprint density at radius 3 is 2.87 bits per heavy atom. The summed E-state index contributed by atoms with van der Waals surface area (Å²) in [6, 6.07) is 13.1. The normalized spacial score (nSPS) is 18.0. The van der Waals surface area contributed by atoms with Crippen LogP contribution < -0.4 is 4.74 Å². The number of thioether (sulfide) groups is 1. The summed E-state index contributed by atoms with van der Waals surface area (Å²) in [6.45, 7) is 0. The van der Waals surface area contributed by atoms with Crippen LogP contribution in [0.3, 0.4) is 0 Å². The maximum atomic E-state index is 12.4. The Hall–Kier alpha value is -2.60. The first-order valence-electron chi connectivity index (χ1n) is 6.99. The Morgan fingerprint density at radius 1 is 1.26 bits per heavy atom. The van der Waals surface area contributed by atoms with Crippen molar-refractivity contribution in [3.05, 3.63) is 59.1 Å². The van der Waals surface area contributed by atoms with E-state index in [1.54, 1.807) is 26.4 Å². The molecule has 1 aliphatic heterocycles. The molecule has 1 aromatic heterocycles. The Morgan fingerprint density at radius 2 is 2.13 bits per heavy atom. The van der Waals surface area contributed by atoms with Crippen LogP contribution in [0.25, 0.3) is 6.08 Å². The number of hydrogen-bond acceptors (Lipinski definition) is 5. The highest BCUT2D eigenvalue weighted by atomic mass is 32.2. The molecule has 6 heteroatoms. The monoisotopic (exact) mass is 325 g/mol. The molecule has 0 unspecified atom stereocenters. The number of rotatable bonds is 3. The van der Waals surface area contributed by atoms with E-state index in [0.717, 1.165) is 11.3 Å². The number of amides is 1. The fourth-order valence-electron chi connectivity index (χ4n) is 2.05. The predicted octanol–water partition coefficient (Wildman–Crippen LogP) is 3.32. The summed E-state index contributed by atoms with van der Waals surface area (Å²) in [7, 11) is 3.33. The lowest BCUT2D eigenvalue weighted by Crippen LogP contribution is -2.23. The van der Waals surface area contributed by atoms with Crippen LogP contribution >= 0.6 is 11.8 Å². The predicted molar refractivity (Wildman–Crippen MR) is 92.7 cm³/mol. The molecule has 0 spiro atoms. The average Bonchev–Trinajstić information content (AvgIpc) is 2.84. The van der Waals surface area contributed by atoms with Crippen molar-refractivity contribution < 1.29 is 9.53 Å². The Balaban J connectivity index is 1.89. The topological polar surface area (TPSA) is 54.8 Å². The molecule has 0 saturated carbocycles. The van der Waals surface area contributed by atoms with Crippen LogP contribution in [0, 0.1) is 0 Å². The van der Waals surface area contributed by atoms with E-state index in [9.17, 15) is 4.79 Å². The van der Waals surface area contributed by atoms with Gasteiger partial charge in [0.05, 0.1) is 12.0 Å². The number of methoxy groups -OCH3 is 1. The number of pyridine rings is 1. The average molecular weight is 325 g/mol. The number of aliphatic imine (C=N–C) groups is 1. The number of amidine groups is 1. The minimum atomic E-state index is -0.0764. The molecule has 0 radical (unpaired) electrons. The molecule has 0 N–H and O–H groups in total. The van der Waals surface area contributed by atoms with Gasteiger partial charge < -0.3 is 4.74 Å². The van der Waals surface area contributed by atoms with Crippen molar-refractivity contribution in [3.63, 3.8) is 0 Å². The van der Waals surface area contributed by atoms with E-state index in [-0.39, 0.29) is 5.91 Å². The van der Waals surface area contributed by atoms with Crippen LogP contribution in [0.4, 0.5) is 5.82 Å². The highest BCUT2D eigenvalue weighted by Crippen LogP contribution is 2.33. The summed E-state index contributed by atoms with van der Waals surface area (Å²) in [6.07, 6.45) is 3.51. The van der Waals surface area contributed by atoms with E-state index < -0.39 is 0 Å². The van der Waals surface area contributed by atoms with Gasteiger partial charge in [-0.3, -0.25) is 9.69 Å². The second kappa shape index (κ2) is 6.66. The SMILES string of the molecule is COc1cccc(/C=C2\S/C(=N/c3ccccn3)N(C)C2=O)c1. The van der Waals surface area contributed by atoms with Gasteiger partial charge in [-0.05, 0) is 47.7 Å². The van der Waals surface area contributed by atoms with Crippen LogP contribution in [-0.4, -0.2) is 35.1 Å². The lowest BCUT2D eigenvalue weighted by Gasteiger charge is -2.06. The highest BCUT2D eigenvalue weighted by molar-refractivity contribution is 8.18. The van der Waals surface area contributed by atoms with Gasteiger partial charge in [0, 0.05) is 13.2 Å². The molecule has 1 saturated heterocycles. The van der Waals surface area contributed by atoms with E-state index >= 15 is 0 Å². The first-order valence-corrected chi connectivity index (χ1v) is 7.80. The first kappa shape index (κ1) is 15.3. The third-order valence-electron chi connectivity index (χ3n) is 3.25. The standard InChI is InChI=1S/C17H15N3O2S/c1-20-16(21)14(11-12-6-5-7-13(10-12)22-2)23-17(20)19-15-8-3-4-9-18-15/h3-11H,1-2H3/b14-11-,19-17+. The third kappa shape index (κ3) is 3.43. The van der Waals surface area contributed by atoms with E-state index in [1.165, 1.54) is 16.7 Å². The molecule has 0 aliphatic carbocycles. The van der Waals surface area contributed by atoms with Crippen molar-refractivity contribution in [1.82, 2.24) is 9.88 Å². The highest BCUT2D eigenvalue weighted by Gasteiger charge is 2.30. The van der Waals surface area contributed by atoms with Crippen LogP contribution in [0.5, 0.6) is 5.75 Å². The van der Waals surface area contributed by atoms with Crippen LogP contribution in [0.15, 0.2) is 58.6 Å². The number of aromatic nitrogens is 1. The van der Waals surface area contributed by atoms with Gasteiger partial charge in [0.2, 0.25) is 0 Å². The lowest BCUT2D eigenvalue weighted by molar-refractivity contribution is -0.121. The number of carbonyl (C=O) groups excluding carboxylic acids is 1. The van der Waals surface area contributed by atoms with Gasteiger partial charge in [-0.25, -0.2) is 9.98 Å². The number of hydrogen-bond donors (Lipinski definition) is 0. The zero-order valence-corrected chi connectivity index (χ0v) is 13.6. The van der Waals surface area contributed by atoms with Gasteiger partial charge in [0.15, 0.2) is 11.0 Å². The van der Waals surface area contributed by atoms with Crippen molar-refractivity contribution in [3.8, 4) is 5.75 Å².